The highest BCUT2D eigenvalue weighted by Gasteiger charge is 2.24. The molecular formula is C14H7F5O2. The number of phenolic OH excluding ortho intramolecular Hbond substituents is 2. The minimum Gasteiger partial charge on any atom is -0.504 e. The Morgan fingerprint density at radius 1 is 0.667 bits per heavy atom. The van der Waals surface area contributed by atoms with E-state index in [1.807, 2.05) is 0 Å². The molecule has 0 unspecified atom stereocenters. The molecule has 7 heteroatoms. The molecule has 2 aromatic rings. The number of halogens is 5. The summed E-state index contributed by atoms with van der Waals surface area (Å²) in [5.74, 6) is -11.1. The highest BCUT2D eigenvalue weighted by atomic mass is 19.2. The molecule has 0 bridgehead atoms. The molecule has 0 spiro atoms. The van der Waals surface area contributed by atoms with E-state index in [1.165, 1.54) is 6.07 Å². The van der Waals surface area contributed by atoms with Crippen LogP contribution < -0.4 is 0 Å². The minimum atomic E-state index is -2.23. The molecule has 0 heterocycles. The van der Waals surface area contributed by atoms with Gasteiger partial charge in [0, 0.05) is 0 Å². The van der Waals surface area contributed by atoms with E-state index in [0.29, 0.717) is 6.08 Å². The lowest BCUT2D eigenvalue weighted by Gasteiger charge is -2.04. The first kappa shape index (κ1) is 14.8. The summed E-state index contributed by atoms with van der Waals surface area (Å²) in [7, 11) is 0. The quantitative estimate of drug-likeness (QED) is 0.290. The summed E-state index contributed by atoms with van der Waals surface area (Å²) in [6, 6.07) is 3.43. The fourth-order valence-corrected chi connectivity index (χ4v) is 1.59. The Balaban J connectivity index is 2.48. The maximum absolute atomic E-state index is 13.4. The van der Waals surface area contributed by atoms with Crippen molar-refractivity contribution in [1.82, 2.24) is 0 Å². The summed E-state index contributed by atoms with van der Waals surface area (Å²) >= 11 is 0. The van der Waals surface area contributed by atoms with E-state index in [0.717, 1.165) is 18.2 Å². The van der Waals surface area contributed by atoms with Crippen molar-refractivity contribution in [2.45, 2.75) is 0 Å². The van der Waals surface area contributed by atoms with Gasteiger partial charge in [0.1, 0.15) is 0 Å². The molecule has 0 radical (unpaired) electrons. The Kier molecular flexibility index (Phi) is 3.84. The third-order valence-electron chi connectivity index (χ3n) is 2.69. The van der Waals surface area contributed by atoms with Crippen LogP contribution in [0.25, 0.3) is 12.2 Å². The van der Waals surface area contributed by atoms with Crippen LogP contribution in [0.3, 0.4) is 0 Å². The molecule has 0 saturated carbocycles. The van der Waals surface area contributed by atoms with Crippen molar-refractivity contribution in [3.8, 4) is 11.5 Å². The monoisotopic (exact) mass is 302 g/mol. The summed E-state index contributed by atoms with van der Waals surface area (Å²) < 4.78 is 65.6. The van der Waals surface area contributed by atoms with E-state index in [9.17, 15) is 27.1 Å². The SMILES string of the molecule is Oc1ccc(C=Cc2c(F)c(F)c(F)c(F)c2F)cc1O. The Labute approximate surface area is 115 Å². The number of phenols is 2. The van der Waals surface area contributed by atoms with Crippen LogP contribution in [0, 0.1) is 29.1 Å². The zero-order valence-electron chi connectivity index (χ0n) is 10.2. The van der Waals surface area contributed by atoms with Gasteiger partial charge in [0.25, 0.3) is 0 Å². The normalized spacial score (nSPS) is 11.3. The van der Waals surface area contributed by atoms with Gasteiger partial charge in [-0.3, -0.25) is 0 Å². The van der Waals surface area contributed by atoms with Crippen LogP contribution in [0.5, 0.6) is 11.5 Å². The third kappa shape index (κ3) is 2.67. The summed E-state index contributed by atoms with van der Waals surface area (Å²) in [5, 5.41) is 18.3. The number of benzene rings is 2. The zero-order valence-corrected chi connectivity index (χ0v) is 10.2. The summed E-state index contributed by atoms with van der Waals surface area (Å²) in [6.07, 6.45) is 1.71. The van der Waals surface area contributed by atoms with Gasteiger partial charge in [-0.25, -0.2) is 22.0 Å². The first-order valence-electron chi connectivity index (χ1n) is 5.54. The van der Waals surface area contributed by atoms with Crippen LogP contribution in [0.15, 0.2) is 18.2 Å². The molecule has 0 aromatic heterocycles. The van der Waals surface area contributed by atoms with Gasteiger partial charge in [0.15, 0.2) is 34.8 Å². The van der Waals surface area contributed by atoms with Crippen LogP contribution in [-0.2, 0) is 0 Å². The predicted molar refractivity (Wildman–Crippen MR) is 64.9 cm³/mol. The molecule has 0 atom stereocenters. The molecule has 0 aliphatic carbocycles. The summed E-state index contributed by atoms with van der Waals surface area (Å²) in [4.78, 5) is 0. The standard InChI is InChI=1S/C14H7F5O2/c15-10-7(11(16)13(18)14(19)12(10)17)3-1-6-2-4-8(20)9(21)5-6/h1-5,20-21H. The second-order valence-electron chi connectivity index (χ2n) is 4.07. The average molecular weight is 302 g/mol. The number of hydrogen-bond donors (Lipinski definition) is 2. The van der Waals surface area contributed by atoms with Crippen molar-refractivity contribution in [1.29, 1.82) is 0 Å². The van der Waals surface area contributed by atoms with E-state index in [1.54, 1.807) is 0 Å². The average Bonchev–Trinajstić information content (AvgIpc) is 2.46. The molecule has 0 aliphatic rings. The van der Waals surface area contributed by atoms with Gasteiger partial charge < -0.3 is 10.2 Å². The molecule has 2 aromatic carbocycles. The summed E-state index contributed by atoms with van der Waals surface area (Å²) in [6.45, 7) is 0. The maximum Gasteiger partial charge on any atom is 0.200 e. The molecule has 0 aliphatic heterocycles. The van der Waals surface area contributed by atoms with Gasteiger partial charge >= 0.3 is 0 Å². The lowest BCUT2D eigenvalue weighted by molar-refractivity contribution is 0.377. The van der Waals surface area contributed by atoms with Gasteiger partial charge in [-0.2, -0.15) is 0 Å². The van der Waals surface area contributed by atoms with Crippen LogP contribution in [0.4, 0.5) is 22.0 Å². The largest absolute Gasteiger partial charge is 0.504 e. The molecule has 110 valence electrons. The second-order valence-corrected chi connectivity index (χ2v) is 4.07. The van der Waals surface area contributed by atoms with Crippen LogP contribution in [0.1, 0.15) is 11.1 Å². The van der Waals surface area contributed by atoms with Crippen molar-refractivity contribution >= 4 is 12.2 Å². The number of rotatable bonds is 2. The van der Waals surface area contributed by atoms with Gasteiger partial charge in [0.05, 0.1) is 5.56 Å². The molecule has 2 rings (SSSR count). The van der Waals surface area contributed by atoms with Crippen LogP contribution >= 0.6 is 0 Å². The number of aromatic hydroxyl groups is 2. The Morgan fingerprint density at radius 2 is 1.19 bits per heavy atom. The fraction of sp³-hybridized carbons (Fsp3) is 0. The van der Waals surface area contributed by atoms with Gasteiger partial charge in [-0.1, -0.05) is 12.1 Å². The lowest BCUT2D eigenvalue weighted by Crippen LogP contribution is -2.03. The van der Waals surface area contributed by atoms with Crippen molar-refractivity contribution in [3.05, 3.63) is 58.4 Å². The van der Waals surface area contributed by atoms with Gasteiger partial charge in [-0.15, -0.1) is 0 Å². The van der Waals surface area contributed by atoms with E-state index in [2.05, 4.69) is 0 Å². The van der Waals surface area contributed by atoms with Crippen molar-refractivity contribution < 1.29 is 32.2 Å². The molecule has 2 nitrogen and oxygen atoms in total. The molecule has 0 amide bonds. The van der Waals surface area contributed by atoms with Gasteiger partial charge in [0.2, 0.25) is 5.82 Å². The highest BCUT2D eigenvalue weighted by Crippen LogP contribution is 2.27. The minimum absolute atomic E-state index is 0.189. The second kappa shape index (κ2) is 5.43. The first-order chi connectivity index (χ1) is 9.82. The van der Waals surface area contributed by atoms with E-state index in [-0.39, 0.29) is 5.56 Å². The van der Waals surface area contributed by atoms with E-state index >= 15 is 0 Å². The van der Waals surface area contributed by atoms with Crippen molar-refractivity contribution in [3.63, 3.8) is 0 Å². The van der Waals surface area contributed by atoms with Crippen molar-refractivity contribution in [2.75, 3.05) is 0 Å². The van der Waals surface area contributed by atoms with Crippen molar-refractivity contribution in [2.24, 2.45) is 0 Å². The molecule has 0 saturated heterocycles. The van der Waals surface area contributed by atoms with Crippen LogP contribution in [0.2, 0.25) is 0 Å². The van der Waals surface area contributed by atoms with E-state index < -0.39 is 46.1 Å². The van der Waals surface area contributed by atoms with E-state index in [4.69, 9.17) is 5.11 Å². The van der Waals surface area contributed by atoms with Gasteiger partial charge in [-0.05, 0) is 23.8 Å². The number of hydrogen-bond acceptors (Lipinski definition) is 2. The zero-order chi connectivity index (χ0) is 15.7. The Morgan fingerprint density at radius 3 is 1.71 bits per heavy atom. The molecule has 21 heavy (non-hydrogen) atoms. The molecule has 2 N–H and O–H groups in total. The summed E-state index contributed by atoms with van der Waals surface area (Å²) in [5.41, 5.74) is -0.909. The Bertz CT molecular complexity index is 712. The first-order valence-corrected chi connectivity index (χ1v) is 5.54. The lowest BCUT2D eigenvalue weighted by atomic mass is 10.1. The topological polar surface area (TPSA) is 40.5 Å². The predicted octanol–water partition coefficient (Wildman–Crippen LogP) is 3.96. The molecular weight excluding hydrogens is 295 g/mol. The third-order valence-corrected chi connectivity index (χ3v) is 2.69. The fourth-order valence-electron chi connectivity index (χ4n) is 1.59. The Hall–Kier alpha value is -2.57. The van der Waals surface area contributed by atoms with Crippen LogP contribution in [-0.4, -0.2) is 10.2 Å². The molecule has 0 fully saturated rings. The smallest absolute Gasteiger partial charge is 0.200 e. The maximum atomic E-state index is 13.4. The highest BCUT2D eigenvalue weighted by molar-refractivity contribution is 5.71.